The predicted molar refractivity (Wildman–Crippen MR) is 76.8 cm³/mol. The molecule has 0 saturated heterocycles. The average molecular weight is 297 g/mol. The zero-order chi connectivity index (χ0) is 14.9. The van der Waals surface area contributed by atoms with Gasteiger partial charge in [0.05, 0.1) is 17.5 Å². The molecule has 0 amide bonds. The number of carbonyl (C=O) groups is 1. The molecular weight excluding hydrogens is 280 g/mol. The third-order valence-corrected chi connectivity index (χ3v) is 3.19. The van der Waals surface area contributed by atoms with Crippen LogP contribution in [0.5, 0.6) is 0 Å². The Morgan fingerprint density at radius 1 is 1.45 bits per heavy atom. The van der Waals surface area contributed by atoms with Gasteiger partial charge in [0.2, 0.25) is 0 Å². The first-order valence-electron chi connectivity index (χ1n) is 6.44. The first-order valence-corrected chi connectivity index (χ1v) is 6.81. The van der Waals surface area contributed by atoms with Crippen molar-refractivity contribution < 1.29 is 15.0 Å². The fourth-order valence-corrected chi connectivity index (χ4v) is 2.36. The highest BCUT2D eigenvalue weighted by molar-refractivity contribution is 6.31. The summed E-state index contributed by atoms with van der Waals surface area (Å²) < 4.78 is 1.87. The van der Waals surface area contributed by atoms with Gasteiger partial charge in [-0.25, -0.2) is 4.98 Å². The van der Waals surface area contributed by atoms with Crippen molar-refractivity contribution in [1.29, 1.82) is 0 Å². The van der Waals surface area contributed by atoms with Crippen LogP contribution >= 0.6 is 11.6 Å². The van der Waals surface area contributed by atoms with E-state index in [1.807, 2.05) is 10.6 Å². The number of benzene rings is 1. The Balaban J connectivity index is 2.53. The lowest BCUT2D eigenvalue weighted by molar-refractivity contribution is -0.139. The number of aromatic nitrogens is 2. The zero-order valence-corrected chi connectivity index (χ0v) is 12.1. The fraction of sp³-hybridized carbons (Fsp3) is 0.429. The molecule has 1 aromatic carbocycles. The SMILES string of the molecule is CC(C)Cn1c([C@@H](O)CC(=O)O)nc2cc(Cl)ccc21. The number of imidazole rings is 1. The van der Waals surface area contributed by atoms with Crippen molar-refractivity contribution >= 4 is 28.6 Å². The Morgan fingerprint density at radius 3 is 2.75 bits per heavy atom. The maximum Gasteiger partial charge on any atom is 0.306 e. The molecule has 1 aromatic heterocycles. The molecule has 0 radical (unpaired) electrons. The van der Waals surface area contributed by atoms with E-state index in [1.54, 1.807) is 12.1 Å². The monoisotopic (exact) mass is 296 g/mol. The van der Waals surface area contributed by atoms with Crippen LogP contribution in [0.15, 0.2) is 18.2 Å². The Hall–Kier alpha value is -1.59. The smallest absolute Gasteiger partial charge is 0.306 e. The third-order valence-electron chi connectivity index (χ3n) is 2.95. The molecule has 5 nitrogen and oxygen atoms in total. The van der Waals surface area contributed by atoms with E-state index in [0.29, 0.717) is 28.8 Å². The van der Waals surface area contributed by atoms with E-state index in [4.69, 9.17) is 16.7 Å². The summed E-state index contributed by atoms with van der Waals surface area (Å²) in [6.07, 6.45) is -1.49. The number of nitrogens with zero attached hydrogens (tertiary/aromatic N) is 2. The summed E-state index contributed by atoms with van der Waals surface area (Å²) in [6, 6.07) is 5.31. The van der Waals surface area contributed by atoms with Crippen molar-refractivity contribution in [1.82, 2.24) is 9.55 Å². The molecule has 108 valence electrons. The molecule has 1 heterocycles. The second-order valence-electron chi connectivity index (χ2n) is 5.22. The molecule has 0 aliphatic carbocycles. The summed E-state index contributed by atoms with van der Waals surface area (Å²) in [5.74, 6) is -0.337. The predicted octanol–water partition coefficient (Wildman–Crippen LogP) is 2.85. The number of aliphatic carboxylic acids is 1. The van der Waals surface area contributed by atoms with E-state index < -0.39 is 12.1 Å². The Morgan fingerprint density at radius 2 is 2.15 bits per heavy atom. The number of rotatable bonds is 5. The van der Waals surface area contributed by atoms with Crippen LogP contribution < -0.4 is 0 Å². The molecule has 0 unspecified atom stereocenters. The van der Waals surface area contributed by atoms with Crippen molar-refractivity contribution in [3.8, 4) is 0 Å². The highest BCUT2D eigenvalue weighted by Crippen LogP contribution is 2.26. The second-order valence-corrected chi connectivity index (χ2v) is 5.66. The van der Waals surface area contributed by atoms with Crippen LogP contribution in [0, 0.1) is 5.92 Å². The van der Waals surface area contributed by atoms with Gasteiger partial charge in [-0.05, 0) is 24.1 Å². The number of aliphatic hydroxyl groups is 1. The molecule has 0 spiro atoms. The lowest BCUT2D eigenvalue weighted by atomic mass is 10.2. The highest BCUT2D eigenvalue weighted by atomic mass is 35.5. The van der Waals surface area contributed by atoms with Crippen molar-refractivity contribution in [3.05, 3.63) is 29.0 Å². The van der Waals surface area contributed by atoms with Crippen LogP contribution in [-0.4, -0.2) is 25.7 Å². The van der Waals surface area contributed by atoms with Gasteiger partial charge in [-0.2, -0.15) is 0 Å². The summed E-state index contributed by atoms with van der Waals surface area (Å²) in [7, 11) is 0. The zero-order valence-electron chi connectivity index (χ0n) is 11.4. The quantitative estimate of drug-likeness (QED) is 0.889. The number of hydrogen-bond donors (Lipinski definition) is 2. The third kappa shape index (κ3) is 3.11. The number of carboxylic acid groups (broad SMARTS) is 1. The maximum absolute atomic E-state index is 10.8. The van der Waals surface area contributed by atoms with Crippen molar-refractivity contribution in [2.75, 3.05) is 0 Å². The number of halogens is 1. The van der Waals surface area contributed by atoms with Gasteiger partial charge in [-0.3, -0.25) is 4.79 Å². The summed E-state index contributed by atoms with van der Waals surface area (Å²) in [4.78, 5) is 15.1. The molecule has 2 N–H and O–H groups in total. The molecular formula is C14H17ClN2O3. The van der Waals surface area contributed by atoms with Crippen LogP contribution in [0.25, 0.3) is 11.0 Å². The van der Waals surface area contributed by atoms with E-state index in [9.17, 15) is 9.90 Å². The fourth-order valence-electron chi connectivity index (χ4n) is 2.19. The van der Waals surface area contributed by atoms with Gasteiger partial charge in [-0.1, -0.05) is 25.4 Å². The van der Waals surface area contributed by atoms with Gasteiger partial charge >= 0.3 is 5.97 Å². The topological polar surface area (TPSA) is 75.4 Å². The first kappa shape index (κ1) is 14.8. The van der Waals surface area contributed by atoms with Crippen LogP contribution in [-0.2, 0) is 11.3 Å². The Kier molecular flexibility index (Phi) is 4.30. The molecule has 20 heavy (non-hydrogen) atoms. The molecule has 0 aliphatic rings. The lowest BCUT2D eigenvalue weighted by Crippen LogP contribution is -2.14. The Bertz CT molecular complexity index is 637. The van der Waals surface area contributed by atoms with E-state index in [1.165, 1.54) is 0 Å². The van der Waals surface area contributed by atoms with Crippen molar-refractivity contribution in [2.45, 2.75) is 32.9 Å². The normalized spacial score (nSPS) is 13.1. The van der Waals surface area contributed by atoms with Gasteiger partial charge in [0.1, 0.15) is 11.9 Å². The first-order chi connectivity index (χ1) is 9.38. The lowest BCUT2D eigenvalue weighted by Gasteiger charge is -2.14. The average Bonchev–Trinajstić information content (AvgIpc) is 2.65. The number of carboxylic acids is 1. The number of aliphatic hydroxyl groups excluding tert-OH is 1. The minimum absolute atomic E-state index is 0.346. The minimum atomic E-state index is -1.13. The number of fused-ring (bicyclic) bond motifs is 1. The van der Waals surface area contributed by atoms with E-state index in [2.05, 4.69) is 18.8 Å². The van der Waals surface area contributed by atoms with Gasteiger partial charge in [0, 0.05) is 11.6 Å². The van der Waals surface area contributed by atoms with Crippen LogP contribution in [0.3, 0.4) is 0 Å². The van der Waals surface area contributed by atoms with E-state index >= 15 is 0 Å². The van der Waals surface area contributed by atoms with Crippen molar-refractivity contribution in [3.63, 3.8) is 0 Å². The molecule has 0 saturated carbocycles. The van der Waals surface area contributed by atoms with E-state index in [0.717, 1.165) is 5.52 Å². The van der Waals surface area contributed by atoms with Crippen LogP contribution in [0.1, 0.15) is 32.2 Å². The molecule has 2 rings (SSSR count). The standard InChI is InChI=1S/C14H17ClN2O3/c1-8(2)7-17-11-4-3-9(15)5-10(11)16-14(17)12(18)6-13(19)20/h3-5,8,12,18H,6-7H2,1-2H3,(H,19,20)/t12-/m0/s1. The summed E-state index contributed by atoms with van der Waals surface area (Å²) in [5, 5.41) is 19.4. The molecule has 0 fully saturated rings. The molecule has 2 aromatic rings. The largest absolute Gasteiger partial charge is 0.481 e. The van der Waals surface area contributed by atoms with Crippen molar-refractivity contribution in [2.24, 2.45) is 5.92 Å². The van der Waals surface area contributed by atoms with Gasteiger partial charge < -0.3 is 14.8 Å². The Labute approximate surface area is 121 Å². The van der Waals surface area contributed by atoms with Gasteiger partial charge in [0.25, 0.3) is 0 Å². The van der Waals surface area contributed by atoms with E-state index in [-0.39, 0.29) is 6.42 Å². The molecule has 6 heteroatoms. The highest BCUT2D eigenvalue weighted by Gasteiger charge is 2.21. The molecule has 1 atom stereocenters. The molecule has 0 bridgehead atoms. The second kappa shape index (κ2) is 5.81. The maximum atomic E-state index is 10.8. The van der Waals surface area contributed by atoms with Gasteiger partial charge in [-0.15, -0.1) is 0 Å². The molecule has 0 aliphatic heterocycles. The summed E-state index contributed by atoms with van der Waals surface area (Å²) in [5.41, 5.74) is 1.51. The van der Waals surface area contributed by atoms with Crippen LogP contribution in [0.2, 0.25) is 5.02 Å². The minimum Gasteiger partial charge on any atom is -0.481 e. The summed E-state index contributed by atoms with van der Waals surface area (Å²) in [6.45, 7) is 4.76. The summed E-state index contributed by atoms with van der Waals surface area (Å²) >= 11 is 5.94. The van der Waals surface area contributed by atoms with Gasteiger partial charge in [0.15, 0.2) is 0 Å². The number of hydrogen-bond acceptors (Lipinski definition) is 3. The van der Waals surface area contributed by atoms with Crippen LogP contribution in [0.4, 0.5) is 0 Å².